The van der Waals surface area contributed by atoms with Crippen LogP contribution in [-0.2, 0) is 26.2 Å². The van der Waals surface area contributed by atoms with Gasteiger partial charge in [0.2, 0.25) is 11.8 Å². The highest BCUT2D eigenvalue weighted by Gasteiger charge is 2.32. The van der Waals surface area contributed by atoms with Crippen molar-refractivity contribution in [1.82, 2.24) is 10.2 Å². The van der Waals surface area contributed by atoms with Gasteiger partial charge in [0.05, 0.1) is 17.2 Å². The average Bonchev–Trinajstić information content (AvgIpc) is 2.91. The number of benzene rings is 3. The zero-order valence-corrected chi connectivity index (χ0v) is 22.8. The van der Waals surface area contributed by atoms with Crippen LogP contribution in [0.3, 0.4) is 0 Å². The van der Waals surface area contributed by atoms with Crippen molar-refractivity contribution in [2.45, 2.75) is 31.3 Å². The maximum atomic E-state index is 13.7. The van der Waals surface area contributed by atoms with Crippen molar-refractivity contribution in [3.05, 3.63) is 89.2 Å². The summed E-state index contributed by atoms with van der Waals surface area (Å²) in [5.74, 6) is -1.12. The van der Waals surface area contributed by atoms with E-state index in [9.17, 15) is 22.4 Å². The third-order valence-electron chi connectivity index (χ3n) is 5.80. The first kappa shape index (κ1) is 28.9. The Morgan fingerprint density at radius 1 is 1.00 bits per heavy atom. The number of carbonyl (C=O) groups excluding carboxylic acids is 2. The molecule has 2 amide bonds. The number of likely N-dealkylation sites (N-methyl/N-ethyl adjacent to an activating group) is 1. The molecule has 0 heterocycles. The minimum atomic E-state index is -4.27. The number of anilines is 1. The molecule has 0 aromatic heterocycles. The van der Waals surface area contributed by atoms with Gasteiger partial charge in [-0.1, -0.05) is 23.7 Å². The van der Waals surface area contributed by atoms with Crippen LogP contribution >= 0.6 is 11.6 Å². The summed E-state index contributed by atoms with van der Waals surface area (Å²) in [6.07, 6.45) is 0. The van der Waals surface area contributed by atoms with Crippen LogP contribution in [0.5, 0.6) is 5.75 Å². The van der Waals surface area contributed by atoms with Gasteiger partial charge in [0.15, 0.2) is 0 Å². The summed E-state index contributed by atoms with van der Waals surface area (Å²) in [5.41, 5.74) is 0.786. The lowest BCUT2D eigenvalue weighted by molar-refractivity contribution is -0.139. The molecule has 202 valence electrons. The first-order chi connectivity index (χ1) is 18.1. The van der Waals surface area contributed by atoms with Crippen molar-refractivity contribution >= 4 is 39.1 Å². The fraction of sp³-hybridized carbons (Fsp3) is 0.259. The predicted octanol–water partition coefficient (Wildman–Crippen LogP) is 4.24. The highest BCUT2D eigenvalue weighted by molar-refractivity contribution is 7.92. The van der Waals surface area contributed by atoms with Gasteiger partial charge < -0.3 is 15.0 Å². The van der Waals surface area contributed by atoms with Crippen molar-refractivity contribution < 1.29 is 27.1 Å². The molecule has 11 heteroatoms. The lowest BCUT2D eigenvalue weighted by Gasteiger charge is -2.31. The second kappa shape index (κ2) is 12.7. The molecule has 38 heavy (non-hydrogen) atoms. The van der Waals surface area contributed by atoms with Crippen molar-refractivity contribution in [1.29, 1.82) is 0 Å². The van der Waals surface area contributed by atoms with Crippen LogP contribution in [0.15, 0.2) is 77.7 Å². The monoisotopic (exact) mass is 561 g/mol. The first-order valence-electron chi connectivity index (χ1n) is 11.8. The third-order valence-corrected chi connectivity index (χ3v) is 7.84. The Kier molecular flexibility index (Phi) is 9.71. The number of ether oxygens (including phenoxy) is 1. The van der Waals surface area contributed by atoms with Gasteiger partial charge >= 0.3 is 0 Å². The van der Waals surface area contributed by atoms with Crippen LogP contribution in [0.4, 0.5) is 10.1 Å². The van der Waals surface area contributed by atoms with Crippen LogP contribution in [0.25, 0.3) is 0 Å². The molecule has 0 unspecified atom stereocenters. The molecule has 0 aliphatic rings. The highest BCUT2D eigenvalue weighted by atomic mass is 35.5. The Bertz CT molecular complexity index is 1350. The molecule has 0 saturated carbocycles. The van der Waals surface area contributed by atoms with E-state index in [4.69, 9.17) is 16.3 Å². The lowest BCUT2D eigenvalue weighted by Crippen LogP contribution is -2.50. The Morgan fingerprint density at radius 3 is 2.16 bits per heavy atom. The number of nitrogens with one attached hydrogen (secondary N) is 1. The summed E-state index contributed by atoms with van der Waals surface area (Å²) >= 11 is 5.98. The molecule has 3 aromatic carbocycles. The molecule has 3 aromatic rings. The van der Waals surface area contributed by atoms with E-state index in [1.807, 2.05) is 6.92 Å². The topological polar surface area (TPSA) is 96.0 Å². The zero-order valence-electron chi connectivity index (χ0n) is 21.2. The highest BCUT2D eigenvalue weighted by Crippen LogP contribution is 2.26. The number of amides is 2. The standard InChI is InChI=1S/C27H29ClFN3O5S/c1-4-37-24-13-15-25(16-14-24)38(35,36)32(23-11-9-22(29)10-12-23)18-26(33)31(19(2)27(34)30-3)17-20-5-7-21(28)8-6-20/h5-16,19H,4,17-18H2,1-3H3,(H,30,34)/t19-/m0/s1. The number of hydrogen-bond donors (Lipinski definition) is 1. The van der Waals surface area contributed by atoms with Crippen molar-refractivity contribution in [2.24, 2.45) is 0 Å². The van der Waals surface area contributed by atoms with E-state index < -0.39 is 40.2 Å². The van der Waals surface area contributed by atoms with E-state index in [2.05, 4.69) is 5.32 Å². The van der Waals surface area contributed by atoms with E-state index >= 15 is 0 Å². The second-order valence-electron chi connectivity index (χ2n) is 8.33. The van der Waals surface area contributed by atoms with Gasteiger partial charge in [-0.25, -0.2) is 12.8 Å². The molecule has 0 aliphatic carbocycles. The number of rotatable bonds is 11. The van der Waals surface area contributed by atoms with Crippen LogP contribution in [0.1, 0.15) is 19.4 Å². The molecular weight excluding hydrogens is 533 g/mol. The summed E-state index contributed by atoms with van der Waals surface area (Å²) < 4.78 is 47.4. The molecule has 0 radical (unpaired) electrons. The average molecular weight is 562 g/mol. The van der Waals surface area contributed by atoms with Crippen LogP contribution in [0, 0.1) is 5.82 Å². The normalized spacial score (nSPS) is 11.9. The summed E-state index contributed by atoms with van der Waals surface area (Å²) in [6, 6.07) is 16.4. The van der Waals surface area contributed by atoms with Crippen molar-refractivity contribution in [3.63, 3.8) is 0 Å². The Hall–Kier alpha value is -3.63. The fourth-order valence-electron chi connectivity index (χ4n) is 3.72. The predicted molar refractivity (Wildman–Crippen MR) is 144 cm³/mol. The third kappa shape index (κ3) is 7.02. The van der Waals surface area contributed by atoms with Gasteiger partial charge in [0.1, 0.15) is 24.2 Å². The number of hydrogen-bond acceptors (Lipinski definition) is 5. The Labute approximate surface area is 227 Å². The van der Waals surface area contributed by atoms with E-state index in [1.165, 1.54) is 48.3 Å². The molecule has 3 rings (SSSR count). The van der Waals surface area contributed by atoms with Gasteiger partial charge in [-0.05, 0) is 80.1 Å². The minimum absolute atomic E-state index is 0.0327. The van der Waals surface area contributed by atoms with Crippen LogP contribution in [0.2, 0.25) is 5.02 Å². The maximum absolute atomic E-state index is 13.7. The van der Waals surface area contributed by atoms with Gasteiger partial charge in [0.25, 0.3) is 10.0 Å². The van der Waals surface area contributed by atoms with Gasteiger partial charge in [0, 0.05) is 18.6 Å². The quantitative estimate of drug-likeness (QED) is 0.378. The largest absolute Gasteiger partial charge is 0.494 e. The first-order valence-corrected chi connectivity index (χ1v) is 13.6. The maximum Gasteiger partial charge on any atom is 0.264 e. The number of nitrogens with zero attached hydrogens (tertiary/aromatic N) is 2. The molecule has 1 N–H and O–H groups in total. The summed E-state index contributed by atoms with van der Waals surface area (Å²) in [5, 5.41) is 3.03. The molecule has 0 spiro atoms. The van der Waals surface area contributed by atoms with E-state index in [1.54, 1.807) is 31.2 Å². The second-order valence-corrected chi connectivity index (χ2v) is 10.6. The van der Waals surface area contributed by atoms with Gasteiger partial charge in [-0.2, -0.15) is 0 Å². The van der Waals surface area contributed by atoms with E-state index in [0.717, 1.165) is 16.4 Å². The van der Waals surface area contributed by atoms with Crippen LogP contribution in [-0.4, -0.2) is 51.4 Å². The van der Waals surface area contributed by atoms with Crippen molar-refractivity contribution in [3.8, 4) is 5.75 Å². The Morgan fingerprint density at radius 2 is 1.61 bits per heavy atom. The molecule has 0 fully saturated rings. The molecule has 0 bridgehead atoms. The van der Waals surface area contributed by atoms with Crippen molar-refractivity contribution in [2.75, 3.05) is 24.5 Å². The summed E-state index contributed by atoms with van der Waals surface area (Å²) in [7, 11) is -2.82. The minimum Gasteiger partial charge on any atom is -0.494 e. The molecule has 8 nitrogen and oxygen atoms in total. The number of halogens is 2. The van der Waals surface area contributed by atoms with Gasteiger partial charge in [-0.15, -0.1) is 0 Å². The van der Waals surface area contributed by atoms with E-state index in [0.29, 0.717) is 22.9 Å². The zero-order chi connectivity index (χ0) is 27.9. The Balaban J connectivity index is 2.00. The smallest absolute Gasteiger partial charge is 0.264 e. The SMILES string of the molecule is CCOc1ccc(S(=O)(=O)N(CC(=O)N(Cc2ccc(Cl)cc2)[C@@H](C)C(=O)NC)c2ccc(F)cc2)cc1. The molecule has 1 atom stereocenters. The number of carbonyl (C=O) groups is 2. The molecule has 0 aliphatic heterocycles. The fourth-order valence-corrected chi connectivity index (χ4v) is 5.26. The van der Waals surface area contributed by atoms with Gasteiger partial charge in [-0.3, -0.25) is 13.9 Å². The molecular formula is C27H29ClFN3O5S. The molecule has 0 saturated heterocycles. The summed E-state index contributed by atoms with van der Waals surface area (Å²) in [6.45, 7) is 3.17. The van der Waals surface area contributed by atoms with E-state index in [-0.39, 0.29) is 17.1 Å². The number of sulfonamides is 1. The lowest BCUT2D eigenvalue weighted by atomic mass is 10.1. The summed E-state index contributed by atoms with van der Waals surface area (Å²) in [4.78, 5) is 27.4. The van der Waals surface area contributed by atoms with Crippen LogP contribution < -0.4 is 14.4 Å².